The van der Waals surface area contributed by atoms with Crippen LogP contribution in [0.5, 0.6) is 5.88 Å². The Balaban J connectivity index is 1.90. The molecular weight excluding hydrogens is 360 g/mol. The Morgan fingerprint density at radius 1 is 0.759 bits per heavy atom. The van der Waals surface area contributed by atoms with E-state index in [1.165, 1.54) is 4.57 Å². The number of nitrogens with zero attached hydrogens (tertiary/aromatic N) is 2. The van der Waals surface area contributed by atoms with Crippen molar-refractivity contribution in [2.24, 2.45) is 12.0 Å². The lowest BCUT2D eigenvalue weighted by Crippen LogP contribution is -2.17. The smallest absolute Gasteiger partial charge is 0.260 e. The summed E-state index contributed by atoms with van der Waals surface area (Å²) in [6.45, 7) is 0. The van der Waals surface area contributed by atoms with E-state index in [9.17, 15) is 9.90 Å². The highest BCUT2D eigenvalue weighted by Crippen LogP contribution is 2.33. The molecule has 0 fully saturated rings. The first kappa shape index (κ1) is 16.1. The van der Waals surface area contributed by atoms with Crippen LogP contribution in [0.4, 0.5) is 5.69 Å². The fourth-order valence-electron chi connectivity index (χ4n) is 4.48. The number of rotatable bonds is 0. The molecule has 0 radical (unpaired) electrons. The fourth-order valence-corrected chi connectivity index (χ4v) is 4.48. The number of hydrogen-bond donors (Lipinski definition) is 1. The molecule has 0 spiro atoms. The Morgan fingerprint density at radius 3 is 2.41 bits per heavy atom. The minimum atomic E-state index is -0.201. The van der Waals surface area contributed by atoms with Crippen LogP contribution in [0.25, 0.3) is 32.7 Å². The van der Waals surface area contributed by atoms with Gasteiger partial charge in [0.25, 0.3) is 5.56 Å². The van der Waals surface area contributed by atoms with Crippen LogP contribution in [-0.2, 0) is 7.05 Å². The zero-order chi connectivity index (χ0) is 19.7. The number of aromatic nitrogens is 1. The van der Waals surface area contributed by atoms with Gasteiger partial charge in [0.2, 0.25) is 5.88 Å². The Kier molecular flexibility index (Phi) is 3.08. The zero-order valence-corrected chi connectivity index (χ0v) is 15.7. The molecule has 138 valence electrons. The van der Waals surface area contributed by atoms with E-state index < -0.39 is 0 Å². The minimum absolute atomic E-state index is 0.0133. The average Bonchev–Trinajstić information content (AvgIpc) is 3.14. The van der Waals surface area contributed by atoms with Crippen LogP contribution in [0.2, 0.25) is 0 Å². The molecule has 4 heteroatoms. The minimum Gasteiger partial charge on any atom is -0.494 e. The van der Waals surface area contributed by atoms with E-state index in [0.717, 1.165) is 43.4 Å². The molecule has 1 aliphatic heterocycles. The predicted molar refractivity (Wildman–Crippen MR) is 114 cm³/mol. The molecule has 0 bridgehead atoms. The molecule has 1 aliphatic rings. The van der Waals surface area contributed by atoms with E-state index in [1.807, 2.05) is 54.6 Å². The van der Waals surface area contributed by atoms with Crippen LogP contribution in [0, 0.1) is 10.4 Å². The van der Waals surface area contributed by atoms with Crippen molar-refractivity contribution in [3.63, 3.8) is 0 Å². The summed E-state index contributed by atoms with van der Waals surface area (Å²) in [6, 6.07) is 24.0. The number of para-hydroxylation sites is 2. The maximum Gasteiger partial charge on any atom is 0.260 e. The van der Waals surface area contributed by atoms with Crippen molar-refractivity contribution < 1.29 is 5.11 Å². The third kappa shape index (κ3) is 2.03. The van der Waals surface area contributed by atoms with Crippen LogP contribution in [0.1, 0.15) is 0 Å². The largest absolute Gasteiger partial charge is 0.494 e. The van der Waals surface area contributed by atoms with Gasteiger partial charge in [-0.25, -0.2) is 4.99 Å². The van der Waals surface area contributed by atoms with Gasteiger partial charge in [0.1, 0.15) is 0 Å². The molecule has 6 rings (SSSR count). The molecule has 0 atom stereocenters. The van der Waals surface area contributed by atoms with E-state index in [2.05, 4.69) is 18.2 Å². The maximum absolute atomic E-state index is 12.7. The van der Waals surface area contributed by atoms with Gasteiger partial charge in [0.15, 0.2) is 0 Å². The fraction of sp³-hybridized carbons (Fsp3) is 0.0400. The Hall–Kier alpha value is -3.92. The molecule has 0 aliphatic carbocycles. The SMILES string of the molecule is Cn1c(O)c2cccc3c(=c4cccc5c4=Nc4ccccc4-5)ccc(c1=O)c23. The van der Waals surface area contributed by atoms with Gasteiger partial charge in [-0.15, -0.1) is 0 Å². The topological polar surface area (TPSA) is 54.6 Å². The van der Waals surface area contributed by atoms with Crippen LogP contribution in [-0.4, -0.2) is 9.67 Å². The molecule has 1 aromatic heterocycles. The summed E-state index contributed by atoms with van der Waals surface area (Å²) >= 11 is 0. The molecule has 5 aromatic rings. The zero-order valence-electron chi connectivity index (χ0n) is 15.7. The molecule has 1 N–H and O–H groups in total. The predicted octanol–water partition coefficient (Wildman–Crippen LogP) is 4.33. The number of aromatic hydroxyl groups is 1. The molecular formula is C25H16N2O2. The van der Waals surface area contributed by atoms with Crippen molar-refractivity contribution in [2.45, 2.75) is 0 Å². The highest BCUT2D eigenvalue weighted by Gasteiger charge is 2.16. The van der Waals surface area contributed by atoms with Gasteiger partial charge >= 0.3 is 0 Å². The van der Waals surface area contributed by atoms with E-state index in [4.69, 9.17) is 4.99 Å². The standard InChI is InChI=1S/C25H16N2O2/c1-27-24(28)19-10-4-7-16-14(12-13-20(22(16)19)25(27)29)17-8-5-9-18-15-6-2-3-11-21(15)26-23(17)18/h2-13,28H,1H3. The van der Waals surface area contributed by atoms with Crippen molar-refractivity contribution in [1.29, 1.82) is 0 Å². The van der Waals surface area contributed by atoms with Gasteiger partial charge in [-0.3, -0.25) is 9.36 Å². The monoisotopic (exact) mass is 376 g/mol. The summed E-state index contributed by atoms with van der Waals surface area (Å²) in [5, 5.41) is 16.5. The van der Waals surface area contributed by atoms with E-state index in [0.29, 0.717) is 10.8 Å². The Morgan fingerprint density at radius 2 is 1.52 bits per heavy atom. The molecule has 2 heterocycles. The van der Waals surface area contributed by atoms with Crippen molar-refractivity contribution in [3.05, 3.63) is 98.9 Å². The summed E-state index contributed by atoms with van der Waals surface area (Å²) in [4.78, 5) is 17.6. The first-order valence-corrected chi connectivity index (χ1v) is 9.50. The molecule has 0 saturated heterocycles. The lowest BCUT2D eigenvalue weighted by atomic mass is 9.98. The van der Waals surface area contributed by atoms with Gasteiger partial charge in [0.05, 0.1) is 11.0 Å². The van der Waals surface area contributed by atoms with Gasteiger partial charge in [-0.2, -0.15) is 0 Å². The van der Waals surface area contributed by atoms with Crippen LogP contribution >= 0.6 is 0 Å². The van der Waals surface area contributed by atoms with Crippen LogP contribution in [0.3, 0.4) is 0 Å². The second-order valence-electron chi connectivity index (χ2n) is 7.41. The van der Waals surface area contributed by atoms with Crippen molar-refractivity contribution in [2.75, 3.05) is 0 Å². The molecule has 0 saturated carbocycles. The summed E-state index contributed by atoms with van der Waals surface area (Å²) in [6.07, 6.45) is 0. The van der Waals surface area contributed by atoms with Gasteiger partial charge in [-0.1, -0.05) is 54.6 Å². The third-order valence-corrected chi connectivity index (χ3v) is 5.89. The molecule has 0 amide bonds. The van der Waals surface area contributed by atoms with Crippen molar-refractivity contribution >= 4 is 27.2 Å². The van der Waals surface area contributed by atoms with Gasteiger partial charge in [0, 0.05) is 39.6 Å². The number of fused-ring (bicyclic) bond motifs is 3. The summed E-state index contributed by atoms with van der Waals surface area (Å²) in [7, 11) is 1.59. The van der Waals surface area contributed by atoms with Crippen LogP contribution < -0.4 is 10.9 Å². The van der Waals surface area contributed by atoms with Gasteiger partial charge < -0.3 is 5.11 Å². The Labute approximate surface area is 165 Å². The van der Waals surface area contributed by atoms with Crippen molar-refractivity contribution in [1.82, 2.24) is 4.57 Å². The molecule has 29 heavy (non-hydrogen) atoms. The van der Waals surface area contributed by atoms with E-state index in [-0.39, 0.29) is 11.4 Å². The highest BCUT2D eigenvalue weighted by atomic mass is 16.3. The van der Waals surface area contributed by atoms with E-state index in [1.54, 1.807) is 7.05 Å². The molecule has 4 aromatic carbocycles. The average molecular weight is 376 g/mol. The molecule has 4 nitrogen and oxygen atoms in total. The second kappa shape index (κ2) is 5.55. The Bertz CT molecular complexity index is 1700. The maximum atomic E-state index is 12.7. The number of hydrogen-bond acceptors (Lipinski definition) is 3. The second-order valence-corrected chi connectivity index (χ2v) is 7.41. The van der Waals surface area contributed by atoms with Crippen LogP contribution in [0.15, 0.2) is 82.6 Å². The molecule has 0 unspecified atom stereocenters. The third-order valence-electron chi connectivity index (χ3n) is 5.89. The summed E-state index contributed by atoms with van der Waals surface area (Å²) < 4.78 is 1.29. The quantitative estimate of drug-likeness (QED) is 0.429. The van der Waals surface area contributed by atoms with Gasteiger partial charge in [-0.05, 0) is 28.8 Å². The number of pyridine rings is 1. The summed E-state index contributed by atoms with van der Waals surface area (Å²) in [5.41, 5.74) is 3.02. The summed E-state index contributed by atoms with van der Waals surface area (Å²) in [5.74, 6) is -0.0133. The van der Waals surface area contributed by atoms with Crippen molar-refractivity contribution in [3.8, 4) is 17.0 Å². The van der Waals surface area contributed by atoms with E-state index >= 15 is 0 Å². The first-order chi connectivity index (χ1) is 14.1. The first-order valence-electron chi connectivity index (χ1n) is 9.50. The highest BCUT2D eigenvalue weighted by molar-refractivity contribution is 6.11. The lowest BCUT2D eigenvalue weighted by molar-refractivity contribution is 0.431. The normalized spacial score (nSPS) is 13.4. The lowest BCUT2D eigenvalue weighted by Gasteiger charge is -2.11. The number of benzene rings is 4.